The highest BCUT2D eigenvalue weighted by Gasteiger charge is 2.31. The molecule has 0 spiro atoms. The average molecular weight is 272 g/mol. The van der Waals surface area contributed by atoms with Gasteiger partial charge in [0.15, 0.2) is 11.5 Å². The van der Waals surface area contributed by atoms with Crippen molar-refractivity contribution in [2.45, 2.75) is 31.9 Å². The summed E-state index contributed by atoms with van der Waals surface area (Å²) in [5, 5.41) is 0. The summed E-state index contributed by atoms with van der Waals surface area (Å²) >= 11 is 0. The van der Waals surface area contributed by atoms with Gasteiger partial charge in [0.05, 0.1) is 5.56 Å². The van der Waals surface area contributed by atoms with E-state index in [2.05, 4.69) is 4.98 Å². The minimum atomic E-state index is -4.37. The molecule has 1 unspecified atom stereocenters. The van der Waals surface area contributed by atoms with Gasteiger partial charge in [0.25, 0.3) is 0 Å². The van der Waals surface area contributed by atoms with Gasteiger partial charge in [0.2, 0.25) is 0 Å². The molecule has 1 atom stereocenters. The topological polar surface area (TPSA) is 52.0 Å². The molecule has 0 saturated carbocycles. The summed E-state index contributed by atoms with van der Waals surface area (Å²) in [5.74, 6) is 0.366. The fraction of sp³-hybridized carbons (Fsp3) is 0.462. The van der Waals surface area contributed by atoms with E-state index in [0.29, 0.717) is 18.0 Å². The van der Waals surface area contributed by atoms with Crippen molar-refractivity contribution < 1.29 is 17.6 Å². The minimum Gasteiger partial charge on any atom is -0.440 e. The van der Waals surface area contributed by atoms with Gasteiger partial charge in [-0.25, -0.2) is 4.98 Å². The summed E-state index contributed by atoms with van der Waals surface area (Å²) in [5.41, 5.74) is 5.49. The number of benzene rings is 1. The Balaban J connectivity index is 2.40. The van der Waals surface area contributed by atoms with Gasteiger partial charge in [-0.15, -0.1) is 0 Å². The Morgan fingerprint density at radius 3 is 2.68 bits per heavy atom. The van der Waals surface area contributed by atoms with Gasteiger partial charge in [-0.2, -0.15) is 13.2 Å². The van der Waals surface area contributed by atoms with E-state index in [4.69, 9.17) is 10.2 Å². The molecule has 1 aromatic carbocycles. The van der Waals surface area contributed by atoms with Gasteiger partial charge in [-0.3, -0.25) is 0 Å². The first-order valence-corrected chi connectivity index (χ1v) is 6.13. The van der Waals surface area contributed by atoms with Crippen molar-refractivity contribution in [2.24, 2.45) is 5.73 Å². The Labute approximate surface area is 108 Å². The maximum Gasteiger partial charge on any atom is 0.416 e. The van der Waals surface area contributed by atoms with Gasteiger partial charge in [-0.1, -0.05) is 13.3 Å². The third-order valence-electron chi connectivity index (χ3n) is 3.00. The first-order chi connectivity index (χ1) is 8.95. The second-order valence-electron chi connectivity index (χ2n) is 4.45. The number of aromatic nitrogens is 1. The maximum atomic E-state index is 12.6. The molecule has 2 aromatic rings. The molecule has 0 bridgehead atoms. The predicted octanol–water partition coefficient (Wildman–Crippen LogP) is 3.69. The molecule has 0 radical (unpaired) electrons. The monoisotopic (exact) mass is 272 g/mol. The van der Waals surface area contributed by atoms with Crippen LogP contribution in [0, 0.1) is 0 Å². The third kappa shape index (κ3) is 2.89. The number of hydrogen-bond donors (Lipinski definition) is 1. The van der Waals surface area contributed by atoms with Crippen LogP contribution >= 0.6 is 0 Å². The highest BCUT2D eigenvalue weighted by atomic mass is 19.4. The van der Waals surface area contributed by atoms with Crippen LogP contribution in [0.2, 0.25) is 0 Å². The average Bonchev–Trinajstić information content (AvgIpc) is 2.77. The van der Waals surface area contributed by atoms with Crippen molar-refractivity contribution >= 4 is 11.1 Å². The second kappa shape index (κ2) is 5.21. The first-order valence-electron chi connectivity index (χ1n) is 6.13. The number of nitrogens with two attached hydrogens (primary N) is 1. The smallest absolute Gasteiger partial charge is 0.416 e. The number of hydrogen-bond acceptors (Lipinski definition) is 3. The van der Waals surface area contributed by atoms with Crippen LogP contribution in [-0.4, -0.2) is 11.5 Å². The van der Waals surface area contributed by atoms with E-state index in [1.165, 1.54) is 6.07 Å². The molecular weight excluding hydrogens is 257 g/mol. The van der Waals surface area contributed by atoms with E-state index < -0.39 is 11.7 Å². The van der Waals surface area contributed by atoms with Gasteiger partial charge in [0, 0.05) is 12.5 Å². The van der Waals surface area contributed by atoms with E-state index in [1.807, 2.05) is 6.92 Å². The fourth-order valence-corrected chi connectivity index (χ4v) is 1.99. The lowest BCUT2D eigenvalue weighted by molar-refractivity contribution is -0.137. The van der Waals surface area contributed by atoms with Crippen molar-refractivity contribution in [2.75, 3.05) is 6.54 Å². The van der Waals surface area contributed by atoms with Gasteiger partial charge in [0.1, 0.15) is 5.52 Å². The molecule has 1 heterocycles. The van der Waals surface area contributed by atoms with Gasteiger partial charge >= 0.3 is 6.18 Å². The van der Waals surface area contributed by atoms with E-state index >= 15 is 0 Å². The zero-order valence-corrected chi connectivity index (χ0v) is 10.5. The summed E-state index contributed by atoms with van der Waals surface area (Å²) in [7, 11) is 0. The standard InChI is InChI=1S/C13H15F3N2O/c1-2-3-8(7-17)12-18-10-6-9(13(14,15)16)4-5-11(10)19-12/h4-6,8H,2-3,7,17H2,1H3. The lowest BCUT2D eigenvalue weighted by Gasteiger charge is -2.07. The molecule has 2 N–H and O–H groups in total. The molecule has 0 saturated heterocycles. The number of nitrogens with zero attached hydrogens (tertiary/aromatic N) is 1. The quantitative estimate of drug-likeness (QED) is 0.923. The van der Waals surface area contributed by atoms with Crippen LogP contribution in [0.4, 0.5) is 13.2 Å². The van der Waals surface area contributed by atoms with Crippen molar-refractivity contribution in [1.29, 1.82) is 0 Å². The summed E-state index contributed by atoms with van der Waals surface area (Å²) in [4.78, 5) is 4.13. The van der Waals surface area contributed by atoms with Crippen LogP contribution in [-0.2, 0) is 6.18 Å². The lowest BCUT2D eigenvalue weighted by Crippen LogP contribution is -2.12. The maximum absolute atomic E-state index is 12.6. The molecule has 0 aliphatic rings. The summed E-state index contributed by atoms with van der Waals surface area (Å²) in [6.07, 6.45) is -2.66. The van der Waals surface area contributed by atoms with E-state index in [9.17, 15) is 13.2 Å². The third-order valence-corrected chi connectivity index (χ3v) is 3.00. The molecule has 0 fully saturated rings. The van der Waals surface area contributed by atoms with Crippen LogP contribution < -0.4 is 5.73 Å². The zero-order chi connectivity index (χ0) is 14.0. The Kier molecular flexibility index (Phi) is 3.80. The molecule has 104 valence electrons. The van der Waals surface area contributed by atoms with Gasteiger partial charge in [-0.05, 0) is 24.6 Å². The molecule has 3 nitrogen and oxygen atoms in total. The second-order valence-corrected chi connectivity index (χ2v) is 4.45. The number of rotatable bonds is 4. The summed E-state index contributed by atoms with van der Waals surface area (Å²) in [6.45, 7) is 2.37. The molecule has 19 heavy (non-hydrogen) atoms. The van der Waals surface area contributed by atoms with Gasteiger partial charge < -0.3 is 10.2 Å². The van der Waals surface area contributed by atoms with Crippen molar-refractivity contribution in [3.05, 3.63) is 29.7 Å². The Hall–Kier alpha value is -1.56. The number of fused-ring (bicyclic) bond motifs is 1. The van der Waals surface area contributed by atoms with Crippen LogP contribution in [0.15, 0.2) is 22.6 Å². The minimum absolute atomic E-state index is 0.0493. The van der Waals surface area contributed by atoms with Crippen LogP contribution in [0.5, 0.6) is 0 Å². The Morgan fingerprint density at radius 2 is 2.11 bits per heavy atom. The largest absolute Gasteiger partial charge is 0.440 e. The zero-order valence-electron chi connectivity index (χ0n) is 10.5. The number of alkyl halides is 3. The van der Waals surface area contributed by atoms with E-state index in [0.717, 1.165) is 25.0 Å². The van der Waals surface area contributed by atoms with Crippen LogP contribution in [0.25, 0.3) is 11.1 Å². The van der Waals surface area contributed by atoms with Crippen molar-refractivity contribution in [3.8, 4) is 0 Å². The molecule has 0 amide bonds. The SMILES string of the molecule is CCCC(CN)c1nc2cc(C(F)(F)F)ccc2o1. The normalized spacial score (nSPS) is 13.9. The predicted molar refractivity (Wildman–Crippen MR) is 65.7 cm³/mol. The molecule has 2 rings (SSSR count). The molecule has 0 aliphatic heterocycles. The Morgan fingerprint density at radius 1 is 1.37 bits per heavy atom. The first kappa shape index (κ1) is 13.9. The Bertz CT molecular complexity index is 563. The molecule has 6 heteroatoms. The lowest BCUT2D eigenvalue weighted by atomic mass is 10.0. The van der Waals surface area contributed by atoms with Crippen molar-refractivity contribution in [1.82, 2.24) is 4.98 Å². The molecule has 0 aliphatic carbocycles. The molecule has 1 aromatic heterocycles. The van der Waals surface area contributed by atoms with Crippen LogP contribution in [0.1, 0.15) is 37.1 Å². The highest BCUT2D eigenvalue weighted by Crippen LogP contribution is 2.32. The molecular formula is C13H15F3N2O. The van der Waals surface area contributed by atoms with Crippen molar-refractivity contribution in [3.63, 3.8) is 0 Å². The summed E-state index contributed by atoms with van der Waals surface area (Å²) < 4.78 is 43.3. The highest BCUT2D eigenvalue weighted by molar-refractivity contribution is 5.73. The fourth-order valence-electron chi connectivity index (χ4n) is 1.99. The van der Waals surface area contributed by atoms with E-state index in [-0.39, 0.29) is 11.4 Å². The van der Waals surface area contributed by atoms with Crippen LogP contribution in [0.3, 0.4) is 0 Å². The number of oxazole rings is 1. The summed E-state index contributed by atoms with van der Waals surface area (Å²) in [6, 6.07) is 3.30. The van der Waals surface area contributed by atoms with E-state index in [1.54, 1.807) is 0 Å². The number of halogens is 3.